The van der Waals surface area contributed by atoms with Gasteiger partial charge in [0.05, 0.1) is 5.69 Å². The summed E-state index contributed by atoms with van der Waals surface area (Å²) in [7, 11) is 1.97. The van der Waals surface area contributed by atoms with Gasteiger partial charge in [-0.2, -0.15) is 5.10 Å². The summed E-state index contributed by atoms with van der Waals surface area (Å²) in [6.07, 6.45) is 1.83. The van der Waals surface area contributed by atoms with Crippen molar-refractivity contribution < 1.29 is 0 Å². The molecule has 4 nitrogen and oxygen atoms in total. The van der Waals surface area contributed by atoms with Crippen LogP contribution >= 0.6 is 0 Å². The topological polar surface area (TPSA) is 34.0 Å². The quantitative estimate of drug-likeness (QED) is 0.760. The van der Waals surface area contributed by atoms with Gasteiger partial charge in [-0.15, -0.1) is 0 Å². The van der Waals surface area contributed by atoms with Crippen molar-refractivity contribution >= 4 is 11.0 Å². The van der Waals surface area contributed by atoms with Crippen molar-refractivity contribution in [3.05, 3.63) is 24.0 Å². The summed E-state index contributed by atoms with van der Waals surface area (Å²) in [5.74, 6) is 0.591. The first kappa shape index (κ1) is 9.78. The van der Waals surface area contributed by atoms with E-state index in [2.05, 4.69) is 28.0 Å². The van der Waals surface area contributed by atoms with Crippen LogP contribution in [0, 0.1) is 0 Å². The fourth-order valence-corrected chi connectivity index (χ4v) is 2.42. The number of pyridine rings is 1. The molecule has 3 rings (SSSR count). The average molecular weight is 216 g/mol. The number of likely N-dealkylation sites (N-methyl/N-ethyl adjacent to an activating group) is 1. The van der Waals surface area contributed by atoms with E-state index in [0.717, 1.165) is 25.3 Å². The summed E-state index contributed by atoms with van der Waals surface area (Å²) in [6, 6.07) is 4.11. The number of rotatable bonds is 2. The van der Waals surface area contributed by atoms with Crippen LogP contribution in [-0.4, -0.2) is 39.3 Å². The zero-order chi connectivity index (χ0) is 11.1. The summed E-state index contributed by atoms with van der Waals surface area (Å²) in [5.41, 5.74) is 2.21. The van der Waals surface area contributed by atoms with E-state index in [4.69, 9.17) is 0 Å². The Labute approximate surface area is 94.9 Å². The fourth-order valence-electron chi connectivity index (χ4n) is 2.42. The van der Waals surface area contributed by atoms with Gasteiger partial charge in [-0.25, -0.2) is 4.98 Å². The highest BCUT2D eigenvalue weighted by Crippen LogP contribution is 2.30. The Morgan fingerprint density at radius 3 is 3.00 bits per heavy atom. The predicted molar refractivity (Wildman–Crippen MR) is 63.4 cm³/mol. The Morgan fingerprint density at radius 1 is 1.44 bits per heavy atom. The molecule has 0 unspecified atom stereocenters. The first-order valence-corrected chi connectivity index (χ1v) is 5.79. The van der Waals surface area contributed by atoms with Gasteiger partial charge in [0.15, 0.2) is 5.65 Å². The third kappa shape index (κ3) is 1.33. The minimum atomic E-state index is 0.591. The SMILES string of the molecule is CCN1CC(c2nn(C)c3ncccc23)C1. The van der Waals surface area contributed by atoms with Crippen LogP contribution in [0.5, 0.6) is 0 Å². The lowest BCUT2D eigenvalue weighted by atomic mass is 9.95. The molecule has 0 amide bonds. The summed E-state index contributed by atoms with van der Waals surface area (Å²) in [6.45, 7) is 5.61. The van der Waals surface area contributed by atoms with Crippen molar-refractivity contribution in [2.75, 3.05) is 19.6 Å². The van der Waals surface area contributed by atoms with Gasteiger partial charge >= 0.3 is 0 Å². The van der Waals surface area contributed by atoms with Gasteiger partial charge in [0.2, 0.25) is 0 Å². The van der Waals surface area contributed by atoms with E-state index < -0.39 is 0 Å². The van der Waals surface area contributed by atoms with E-state index in [1.54, 1.807) is 0 Å². The maximum atomic E-state index is 4.61. The van der Waals surface area contributed by atoms with Crippen LogP contribution in [-0.2, 0) is 7.05 Å². The molecule has 4 heteroatoms. The summed E-state index contributed by atoms with van der Waals surface area (Å²) in [5, 5.41) is 5.82. The molecule has 1 aliphatic rings. The van der Waals surface area contributed by atoms with Crippen LogP contribution in [0.25, 0.3) is 11.0 Å². The molecule has 0 aromatic carbocycles. The summed E-state index contributed by atoms with van der Waals surface area (Å²) >= 11 is 0. The fraction of sp³-hybridized carbons (Fsp3) is 0.500. The largest absolute Gasteiger partial charge is 0.302 e. The molecule has 16 heavy (non-hydrogen) atoms. The summed E-state index contributed by atoms with van der Waals surface area (Å²) < 4.78 is 1.89. The lowest BCUT2D eigenvalue weighted by Crippen LogP contribution is -2.44. The molecular formula is C12H16N4. The molecule has 0 spiro atoms. The molecule has 2 aromatic rings. The number of aromatic nitrogens is 3. The Morgan fingerprint density at radius 2 is 2.25 bits per heavy atom. The first-order chi connectivity index (χ1) is 7.79. The average Bonchev–Trinajstić information content (AvgIpc) is 2.56. The maximum Gasteiger partial charge on any atom is 0.157 e. The van der Waals surface area contributed by atoms with Crippen LogP contribution in [0.1, 0.15) is 18.5 Å². The Bertz CT molecular complexity index is 511. The number of aryl methyl sites for hydroxylation is 1. The van der Waals surface area contributed by atoms with Crippen molar-refractivity contribution in [3.63, 3.8) is 0 Å². The molecule has 1 aliphatic heterocycles. The van der Waals surface area contributed by atoms with Gasteiger partial charge in [-0.3, -0.25) is 4.68 Å². The molecule has 3 heterocycles. The third-order valence-corrected chi connectivity index (χ3v) is 3.42. The lowest BCUT2D eigenvalue weighted by molar-refractivity contribution is 0.155. The molecule has 0 N–H and O–H groups in total. The number of fused-ring (bicyclic) bond motifs is 1. The Kier molecular flexibility index (Phi) is 2.17. The molecule has 0 radical (unpaired) electrons. The highest BCUT2D eigenvalue weighted by atomic mass is 15.3. The number of hydrogen-bond acceptors (Lipinski definition) is 3. The number of nitrogens with zero attached hydrogens (tertiary/aromatic N) is 4. The molecule has 84 valence electrons. The van der Waals surface area contributed by atoms with Crippen molar-refractivity contribution in [2.24, 2.45) is 7.05 Å². The van der Waals surface area contributed by atoms with Crippen LogP contribution in [0.4, 0.5) is 0 Å². The summed E-state index contributed by atoms with van der Waals surface area (Å²) in [4.78, 5) is 6.80. The van der Waals surface area contributed by atoms with Crippen LogP contribution in [0.3, 0.4) is 0 Å². The molecule has 1 fully saturated rings. The number of hydrogen-bond donors (Lipinski definition) is 0. The molecule has 0 atom stereocenters. The van der Waals surface area contributed by atoms with E-state index in [0.29, 0.717) is 5.92 Å². The van der Waals surface area contributed by atoms with Crippen molar-refractivity contribution in [1.82, 2.24) is 19.7 Å². The van der Waals surface area contributed by atoms with Gasteiger partial charge in [-0.1, -0.05) is 6.92 Å². The molecule has 0 bridgehead atoms. The van der Waals surface area contributed by atoms with Gasteiger partial charge in [0.1, 0.15) is 0 Å². The van der Waals surface area contributed by atoms with E-state index in [9.17, 15) is 0 Å². The van der Waals surface area contributed by atoms with Gasteiger partial charge in [0, 0.05) is 37.6 Å². The molecule has 1 saturated heterocycles. The third-order valence-electron chi connectivity index (χ3n) is 3.42. The first-order valence-electron chi connectivity index (χ1n) is 5.79. The van der Waals surface area contributed by atoms with Crippen LogP contribution in [0.2, 0.25) is 0 Å². The second kappa shape index (κ2) is 3.56. The highest BCUT2D eigenvalue weighted by Gasteiger charge is 2.30. The zero-order valence-electron chi connectivity index (χ0n) is 9.72. The van der Waals surface area contributed by atoms with Crippen LogP contribution < -0.4 is 0 Å². The Hall–Kier alpha value is -1.42. The lowest BCUT2D eigenvalue weighted by Gasteiger charge is -2.37. The smallest absolute Gasteiger partial charge is 0.157 e. The molecule has 0 aliphatic carbocycles. The van der Waals surface area contributed by atoms with Gasteiger partial charge in [-0.05, 0) is 18.7 Å². The van der Waals surface area contributed by atoms with Crippen molar-refractivity contribution in [3.8, 4) is 0 Å². The van der Waals surface area contributed by atoms with E-state index in [1.807, 2.05) is 24.0 Å². The van der Waals surface area contributed by atoms with E-state index in [1.165, 1.54) is 11.1 Å². The van der Waals surface area contributed by atoms with Gasteiger partial charge in [0.25, 0.3) is 0 Å². The highest BCUT2D eigenvalue weighted by molar-refractivity contribution is 5.78. The number of likely N-dealkylation sites (tertiary alicyclic amines) is 1. The zero-order valence-corrected chi connectivity index (χ0v) is 9.72. The van der Waals surface area contributed by atoms with Crippen molar-refractivity contribution in [2.45, 2.75) is 12.8 Å². The minimum absolute atomic E-state index is 0.591. The molecule has 0 saturated carbocycles. The minimum Gasteiger partial charge on any atom is -0.302 e. The van der Waals surface area contributed by atoms with Crippen LogP contribution in [0.15, 0.2) is 18.3 Å². The normalized spacial score (nSPS) is 17.9. The monoisotopic (exact) mass is 216 g/mol. The second-order valence-corrected chi connectivity index (χ2v) is 4.43. The molecule has 2 aromatic heterocycles. The van der Waals surface area contributed by atoms with E-state index >= 15 is 0 Å². The maximum absolute atomic E-state index is 4.61. The van der Waals surface area contributed by atoms with E-state index in [-0.39, 0.29) is 0 Å². The van der Waals surface area contributed by atoms with Gasteiger partial charge < -0.3 is 4.90 Å². The standard InChI is InChI=1S/C12H16N4/c1-3-16-7-9(8-16)11-10-5-4-6-13-12(10)15(2)14-11/h4-6,9H,3,7-8H2,1-2H3. The Balaban J connectivity index is 1.99. The molecular weight excluding hydrogens is 200 g/mol. The predicted octanol–water partition coefficient (Wildman–Crippen LogP) is 1.39. The van der Waals surface area contributed by atoms with Crippen molar-refractivity contribution in [1.29, 1.82) is 0 Å². The second-order valence-electron chi connectivity index (χ2n) is 4.43.